The summed E-state index contributed by atoms with van der Waals surface area (Å²) in [5, 5.41) is 0.920. The van der Waals surface area contributed by atoms with E-state index in [1.54, 1.807) is 11.3 Å². The Morgan fingerprint density at radius 1 is 1.11 bits per heavy atom. The maximum Gasteiger partial charge on any atom is 0.207 e. The van der Waals surface area contributed by atoms with Gasteiger partial charge < -0.3 is 4.42 Å². The van der Waals surface area contributed by atoms with Crippen molar-refractivity contribution in [3.8, 4) is 0 Å². The van der Waals surface area contributed by atoms with Crippen molar-refractivity contribution >= 4 is 22.1 Å². The van der Waals surface area contributed by atoms with E-state index in [1.165, 1.54) is 4.88 Å². The third-order valence-corrected chi connectivity index (χ3v) is 5.13. The van der Waals surface area contributed by atoms with E-state index < -0.39 is 10.8 Å². The summed E-state index contributed by atoms with van der Waals surface area (Å²) in [5.74, 6) is 2.17. The summed E-state index contributed by atoms with van der Waals surface area (Å²) in [6.45, 7) is 7.75. The van der Waals surface area contributed by atoms with Crippen LogP contribution in [0.2, 0.25) is 0 Å². The Bertz CT molecular complexity index is 498. The zero-order valence-corrected chi connectivity index (χ0v) is 12.6. The van der Waals surface area contributed by atoms with Gasteiger partial charge in [0.05, 0.1) is 17.1 Å². The van der Waals surface area contributed by atoms with Crippen LogP contribution in [-0.2, 0) is 22.3 Å². The van der Waals surface area contributed by atoms with Gasteiger partial charge in [0.15, 0.2) is 0 Å². The summed E-state index contributed by atoms with van der Waals surface area (Å²) in [5.41, 5.74) is 1.89. The smallest absolute Gasteiger partial charge is 0.207 e. The molecule has 0 fully saturated rings. The highest BCUT2D eigenvalue weighted by Crippen LogP contribution is 2.19. The van der Waals surface area contributed by atoms with Gasteiger partial charge in [-0.1, -0.05) is 0 Å². The van der Waals surface area contributed by atoms with Crippen LogP contribution >= 0.6 is 11.3 Å². The van der Waals surface area contributed by atoms with E-state index >= 15 is 0 Å². The second-order valence-electron chi connectivity index (χ2n) is 4.23. The zero-order chi connectivity index (χ0) is 13.3. The molecule has 0 bridgehead atoms. The molecule has 4 nitrogen and oxygen atoms in total. The fraction of sp³-hybridized carbons (Fsp3) is 0.500. The van der Waals surface area contributed by atoms with Gasteiger partial charge in [0.2, 0.25) is 5.89 Å². The summed E-state index contributed by atoms with van der Waals surface area (Å²) in [4.78, 5) is 9.81. The Morgan fingerprint density at radius 3 is 2.33 bits per heavy atom. The van der Waals surface area contributed by atoms with E-state index in [4.69, 9.17) is 4.42 Å². The molecule has 2 aromatic rings. The maximum absolute atomic E-state index is 12.0. The van der Waals surface area contributed by atoms with Crippen molar-refractivity contribution in [2.45, 2.75) is 39.2 Å². The summed E-state index contributed by atoms with van der Waals surface area (Å²) in [6, 6.07) is 0. The Morgan fingerprint density at radius 2 is 1.83 bits per heavy atom. The van der Waals surface area contributed by atoms with E-state index in [9.17, 15) is 4.21 Å². The van der Waals surface area contributed by atoms with Crippen molar-refractivity contribution in [1.29, 1.82) is 0 Å². The van der Waals surface area contributed by atoms with Crippen LogP contribution < -0.4 is 0 Å². The van der Waals surface area contributed by atoms with Gasteiger partial charge in [0.25, 0.3) is 0 Å². The fourth-order valence-corrected chi connectivity index (χ4v) is 3.73. The molecule has 0 radical (unpaired) electrons. The molecular weight excluding hydrogens is 268 g/mol. The molecule has 98 valence electrons. The lowest BCUT2D eigenvalue weighted by atomic mass is 10.4. The van der Waals surface area contributed by atoms with Crippen LogP contribution in [-0.4, -0.2) is 14.2 Å². The van der Waals surface area contributed by atoms with Crippen LogP contribution in [0.5, 0.6) is 0 Å². The first-order chi connectivity index (χ1) is 8.45. The van der Waals surface area contributed by atoms with Crippen LogP contribution in [0.15, 0.2) is 4.42 Å². The number of hydrogen-bond acceptors (Lipinski definition) is 5. The van der Waals surface area contributed by atoms with Gasteiger partial charge in [-0.2, -0.15) is 0 Å². The standard InChI is InChI=1S/C12H16N2O2S2/c1-7-9(3)16-11(13-7)5-18(15)6-12-14-8(2)10(4)17-12/h5-6H2,1-4H3. The highest BCUT2D eigenvalue weighted by Gasteiger charge is 2.12. The molecule has 2 aromatic heterocycles. The minimum Gasteiger partial charge on any atom is -0.445 e. The summed E-state index contributed by atoms with van der Waals surface area (Å²) >= 11 is 1.61. The lowest BCUT2D eigenvalue weighted by molar-refractivity contribution is 0.487. The van der Waals surface area contributed by atoms with Gasteiger partial charge in [-0.05, 0) is 27.7 Å². The van der Waals surface area contributed by atoms with Crippen molar-refractivity contribution in [2.24, 2.45) is 0 Å². The van der Waals surface area contributed by atoms with Gasteiger partial charge in [0.1, 0.15) is 16.5 Å². The summed E-state index contributed by atoms with van der Waals surface area (Å²) in [6.07, 6.45) is 0. The molecule has 2 heterocycles. The quantitative estimate of drug-likeness (QED) is 0.866. The van der Waals surface area contributed by atoms with E-state index in [1.807, 2.05) is 27.7 Å². The average Bonchev–Trinajstić information content (AvgIpc) is 2.72. The third kappa shape index (κ3) is 3.05. The second kappa shape index (κ2) is 5.32. The molecule has 0 aromatic carbocycles. The van der Waals surface area contributed by atoms with E-state index in [0.29, 0.717) is 17.4 Å². The van der Waals surface area contributed by atoms with Crippen LogP contribution in [0.3, 0.4) is 0 Å². The molecule has 1 atom stereocenters. The maximum atomic E-state index is 12.0. The number of aryl methyl sites for hydroxylation is 4. The van der Waals surface area contributed by atoms with Gasteiger partial charge in [-0.15, -0.1) is 11.3 Å². The second-order valence-corrected chi connectivity index (χ2v) is 6.97. The molecule has 2 rings (SSSR count). The van der Waals surface area contributed by atoms with E-state index in [-0.39, 0.29) is 0 Å². The number of aromatic nitrogens is 2. The zero-order valence-electron chi connectivity index (χ0n) is 10.9. The number of oxazole rings is 1. The number of thiazole rings is 1. The van der Waals surface area contributed by atoms with Gasteiger partial charge >= 0.3 is 0 Å². The van der Waals surface area contributed by atoms with Crippen molar-refractivity contribution in [3.63, 3.8) is 0 Å². The lowest BCUT2D eigenvalue weighted by Gasteiger charge is -1.95. The topological polar surface area (TPSA) is 56.0 Å². The molecule has 0 aliphatic rings. The molecule has 0 spiro atoms. The first-order valence-electron chi connectivity index (χ1n) is 5.66. The average molecular weight is 284 g/mol. The molecule has 0 saturated carbocycles. The Balaban J connectivity index is 2.00. The number of rotatable bonds is 4. The van der Waals surface area contributed by atoms with Crippen molar-refractivity contribution in [3.05, 3.63) is 32.9 Å². The lowest BCUT2D eigenvalue weighted by Crippen LogP contribution is -1.99. The minimum atomic E-state index is -1.02. The molecule has 18 heavy (non-hydrogen) atoms. The molecule has 1 unspecified atom stereocenters. The third-order valence-electron chi connectivity index (χ3n) is 2.71. The summed E-state index contributed by atoms with van der Waals surface area (Å²) < 4.78 is 17.4. The van der Waals surface area contributed by atoms with Crippen LogP contribution in [0.4, 0.5) is 0 Å². The largest absolute Gasteiger partial charge is 0.445 e. The molecule has 6 heteroatoms. The van der Waals surface area contributed by atoms with Gasteiger partial charge in [0, 0.05) is 15.7 Å². The van der Waals surface area contributed by atoms with Crippen molar-refractivity contribution in [2.75, 3.05) is 0 Å². The normalized spacial score (nSPS) is 12.9. The predicted octanol–water partition coefficient (Wildman–Crippen LogP) is 2.81. The van der Waals surface area contributed by atoms with Crippen LogP contribution in [0.1, 0.15) is 32.9 Å². The van der Waals surface area contributed by atoms with Crippen molar-refractivity contribution in [1.82, 2.24) is 9.97 Å². The highest BCUT2D eigenvalue weighted by molar-refractivity contribution is 7.83. The summed E-state index contributed by atoms with van der Waals surface area (Å²) in [7, 11) is -1.02. The molecule has 0 aliphatic carbocycles. The molecule has 0 saturated heterocycles. The monoisotopic (exact) mass is 284 g/mol. The number of nitrogens with zero attached hydrogens (tertiary/aromatic N) is 2. The minimum absolute atomic E-state index is 0.354. The van der Waals surface area contributed by atoms with Gasteiger partial charge in [-0.3, -0.25) is 4.21 Å². The van der Waals surface area contributed by atoms with Crippen LogP contribution in [0.25, 0.3) is 0 Å². The van der Waals surface area contributed by atoms with Crippen molar-refractivity contribution < 1.29 is 8.63 Å². The Labute approximate surface area is 113 Å². The SMILES string of the molecule is Cc1nc(CS(=O)Cc2nc(C)c(C)s2)oc1C. The Kier molecular flexibility index (Phi) is 3.97. The predicted molar refractivity (Wildman–Crippen MR) is 73.1 cm³/mol. The first kappa shape index (κ1) is 13.4. The number of hydrogen-bond donors (Lipinski definition) is 0. The molecule has 0 aliphatic heterocycles. The first-order valence-corrected chi connectivity index (χ1v) is 7.97. The van der Waals surface area contributed by atoms with E-state index in [0.717, 1.165) is 22.2 Å². The molecular formula is C12H16N2O2S2. The van der Waals surface area contributed by atoms with Gasteiger partial charge in [-0.25, -0.2) is 9.97 Å². The fourth-order valence-electron chi connectivity index (χ4n) is 1.53. The van der Waals surface area contributed by atoms with Crippen LogP contribution in [0, 0.1) is 27.7 Å². The molecule has 0 amide bonds. The van der Waals surface area contributed by atoms with E-state index in [2.05, 4.69) is 9.97 Å². The molecule has 0 N–H and O–H groups in total. The highest BCUT2D eigenvalue weighted by atomic mass is 32.2. The Hall–Kier alpha value is -1.01.